The average Bonchev–Trinajstić information content (AvgIpc) is 2.85. The minimum atomic E-state index is -0.702. The Balaban J connectivity index is 4.06. The summed E-state index contributed by atoms with van der Waals surface area (Å²) in [6.07, 6.45) is 32.1. The number of aliphatic carboxylic acids is 1. The van der Waals surface area contributed by atoms with Crippen LogP contribution in [-0.4, -0.2) is 23.1 Å². The second-order valence-corrected chi connectivity index (χ2v) is 10.6. The number of rotatable bonds is 28. The topological polar surface area (TPSA) is 63.6 Å². The summed E-state index contributed by atoms with van der Waals surface area (Å²) in [5, 5.41) is 8.75. The maximum Gasteiger partial charge on any atom is 0.306 e. The number of carbonyl (C=O) groups excluding carboxylic acids is 1. The second kappa shape index (κ2) is 28.3. The lowest BCUT2D eigenvalue weighted by Gasteiger charge is -2.18. The number of carbonyl (C=O) groups is 2. The molecule has 0 spiro atoms. The molecule has 1 unspecified atom stereocenters. The molecule has 0 aliphatic rings. The zero-order chi connectivity index (χ0) is 26.5. The Hall–Kier alpha value is -1.32. The van der Waals surface area contributed by atoms with Crippen LogP contribution in [0.15, 0.2) is 12.2 Å². The molecule has 0 fully saturated rings. The van der Waals surface area contributed by atoms with Crippen LogP contribution in [0.25, 0.3) is 0 Å². The third-order valence-corrected chi connectivity index (χ3v) is 6.97. The van der Waals surface area contributed by atoms with Gasteiger partial charge in [0, 0.05) is 12.8 Å². The maximum absolute atomic E-state index is 12.5. The zero-order valence-electron chi connectivity index (χ0n) is 24.1. The van der Waals surface area contributed by atoms with Crippen LogP contribution < -0.4 is 0 Å². The van der Waals surface area contributed by atoms with Crippen LogP contribution >= 0.6 is 0 Å². The predicted octanol–water partition coefficient (Wildman–Crippen LogP) is 10.3. The predicted molar refractivity (Wildman–Crippen MR) is 153 cm³/mol. The standard InChI is InChI=1S/C32H60O4/c1-3-5-7-9-11-13-14-16-21-25-29-32(35)36-30(26-22-18-15-12-10-8-6-4-2)27-23-19-17-20-24-28-31(33)34/h7,9,30H,3-6,8,10-29H2,1-2H3,(H,33,34)/b9-7-. The number of hydrogen-bond donors (Lipinski definition) is 1. The number of hydrogen-bond acceptors (Lipinski definition) is 3. The zero-order valence-corrected chi connectivity index (χ0v) is 24.1. The van der Waals surface area contributed by atoms with Gasteiger partial charge in [-0.3, -0.25) is 9.59 Å². The van der Waals surface area contributed by atoms with Gasteiger partial charge in [0.2, 0.25) is 0 Å². The summed E-state index contributed by atoms with van der Waals surface area (Å²) in [6, 6.07) is 0. The molecule has 0 radical (unpaired) electrons. The minimum absolute atomic E-state index is 0.0106. The molecular weight excluding hydrogens is 448 g/mol. The number of carboxylic acids is 1. The summed E-state index contributed by atoms with van der Waals surface area (Å²) in [5.74, 6) is -0.713. The van der Waals surface area contributed by atoms with E-state index in [4.69, 9.17) is 9.84 Å². The van der Waals surface area contributed by atoms with E-state index in [1.54, 1.807) is 0 Å². The van der Waals surface area contributed by atoms with E-state index in [9.17, 15) is 9.59 Å². The molecule has 1 N–H and O–H groups in total. The molecule has 0 aromatic rings. The van der Waals surface area contributed by atoms with E-state index in [2.05, 4.69) is 26.0 Å². The highest BCUT2D eigenvalue weighted by molar-refractivity contribution is 5.69. The molecule has 0 rings (SSSR count). The first-order valence-electron chi connectivity index (χ1n) is 15.7. The van der Waals surface area contributed by atoms with Crippen molar-refractivity contribution in [2.24, 2.45) is 0 Å². The highest BCUT2D eigenvalue weighted by atomic mass is 16.5. The quantitative estimate of drug-likeness (QED) is 0.0648. The van der Waals surface area contributed by atoms with E-state index in [0.29, 0.717) is 6.42 Å². The fourth-order valence-corrected chi connectivity index (χ4v) is 4.66. The largest absolute Gasteiger partial charge is 0.481 e. The van der Waals surface area contributed by atoms with Gasteiger partial charge in [-0.1, -0.05) is 116 Å². The van der Waals surface area contributed by atoms with Crippen molar-refractivity contribution < 1.29 is 19.4 Å². The van der Waals surface area contributed by atoms with Crippen molar-refractivity contribution in [2.45, 2.75) is 180 Å². The van der Waals surface area contributed by atoms with Crippen molar-refractivity contribution in [2.75, 3.05) is 0 Å². The van der Waals surface area contributed by atoms with Gasteiger partial charge in [0.05, 0.1) is 0 Å². The molecule has 0 saturated carbocycles. The first-order valence-corrected chi connectivity index (χ1v) is 15.7. The number of carboxylic acid groups (broad SMARTS) is 1. The molecule has 0 aromatic carbocycles. The fourth-order valence-electron chi connectivity index (χ4n) is 4.66. The van der Waals surface area contributed by atoms with Crippen LogP contribution in [-0.2, 0) is 14.3 Å². The molecule has 0 aliphatic heterocycles. The Kier molecular flexibility index (Phi) is 27.2. The summed E-state index contributed by atoms with van der Waals surface area (Å²) in [4.78, 5) is 23.1. The lowest BCUT2D eigenvalue weighted by atomic mass is 10.0. The van der Waals surface area contributed by atoms with Gasteiger partial charge in [-0.25, -0.2) is 0 Å². The molecule has 1 atom stereocenters. The third kappa shape index (κ3) is 27.3. The van der Waals surface area contributed by atoms with Gasteiger partial charge in [-0.15, -0.1) is 0 Å². The van der Waals surface area contributed by atoms with Gasteiger partial charge in [0.1, 0.15) is 6.10 Å². The monoisotopic (exact) mass is 508 g/mol. The first-order chi connectivity index (χ1) is 17.6. The number of ether oxygens (including phenoxy) is 1. The van der Waals surface area contributed by atoms with Crippen molar-refractivity contribution in [1.29, 1.82) is 0 Å². The Morgan fingerprint density at radius 2 is 1.06 bits per heavy atom. The van der Waals surface area contributed by atoms with Crippen molar-refractivity contribution in [3.05, 3.63) is 12.2 Å². The molecule has 0 bridgehead atoms. The van der Waals surface area contributed by atoms with Gasteiger partial charge in [0.25, 0.3) is 0 Å². The van der Waals surface area contributed by atoms with E-state index in [-0.39, 0.29) is 18.5 Å². The molecule has 0 aromatic heterocycles. The van der Waals surface area contributed by atoms with E-state index in [1.807, 2.05) is 0 Å². The van der Waals surface area contributed by atoms with Crippen molar-refractivity contribution in [1.82, 2.24) is 0 Å². The van der Waals surface area contributed by atoms with Crippen LogP contribution in [0.4, 0.5) is 0 Å². The smallest absolute Gasteiger partial charge is 0.306 e. The van der Waals surface area contributed by atoms with Gasteiger partial charge >= 0.3 is 11.9 Å². The molecule has 4 heteroatoms. The van der Waals surface area contributed by atoms with E-state index in [0.717, 1.165) is 64.2 Å². The van der Waals surface area contributed by atoms with Gasteiger partial charge in [-0.2, -0.15) is 0 Å². The van der Waals surface area contributed by atoms with Crippen molar-refractivity contribution >= 4 is 11.9 Å². The summed E-state index contributed by atoms with van der Waals surface area (Å²) in [5.41, 5.74) is 0. The van der Waals surface area contributed by atoms with Crippen LogP contribution in [0.2, 0.25) is 0 Å². The molecule has 0 aliphatic carbocycles. The van der Waals surface area contributed by atoms with Crippen molar-refractivity contribution in [3.63, 3.8) is 0 Å². The molecular formula is C32H60O4. The van der Waals surface area contributed by atoms with Crippen LogP contribution in [0.5, 0.6) is 0 Å². The summed E-state index contributed by atoms with van der Waals surface area (Å²) in [6.45, 7) is 4.47. The minimum Gasteiger partial charge on any atom is -0.481 e. The molecule has 0 amide bonds. The summed E-state index contributed by atoms with van der Waals surface area (Å²) < 4.78 is 5.93. The van der Waals surface area contributed by atoms with Crippen LogP contribution in [0.3, 0.4) is 0 Å². The van der Waals surface area contributed by atoms with Gasteiger partial charge < -0.3 is 9.84 Å². The van der Waals surface area contributed by atoms with E-state index >= 15 is 0 Å². The average molecular weight is 509 g/mol. The Morgan fingerprint density at radius 3 is 1.61 bits per heavy atom. The van der Waals surface area contributed by atoms with Crippen LogP contribution in [0, 0.1) is 0 Å². The maximum atomic E-state index is 12.5. The van der Waals surface area contributed by atoms with Gasteiger partial charge in [-0.05, 0) is 57.8 Å². The Labute approximate surface area is 224 Å². The lowest BCUT2D eigenvalue weighted by molar-refractivity contribution is -0.150. The van der Waals surface area contributed by atoms with E-state index < -0.39 is 5.97 Å². The molecule has 0 heterocycles. The Morgan fingerprint density at radius 1 is 0.583 bits per heavy atom. The molecule has 212 valence electrons. The molecule has 4 nitrogen and oxygen atoms in total. The summed E-state index contributed by atoms with van der Waals surface area (Å²) >= 11 is 0. The highest BCUT2D eigenvalue weighted by Gasteiger charge is 2.14. The fraction of sp³-hybridized carbons (Fsp3) is 0.875. The van der Waals surface area contributed by atoms with Crippen molar-refractivity contribution in [3.8, 4) is 0 Å². The van der Waals surface area contributed by atoms with E-state index in [1.165, 1.54) is 83.5 Å². The van der Waals surface area contributed by atoms with Gasteiger partial charge in [0.15, 0.2) is 0 Å². The second-order valence-electron chi connectivity index (χ2n) is 10.6. The first kappa shape index (κ1) is 34.7. The number of unbranched alkanes of at least 4 members (excludes halogenated alkanes) is 17. The van der Waals surface area contributed by atoms with Crippen LogP contribution in [0.1, 0.15) is 174 Å². The Bertz CT molecular complexity index is 514. The summed E-state index contributed by atoms with van der Waals surface area (Å²) in [7, 11) is 0. The normalized spacial score (nSPS) is 12.3. The lowest BCUT2D eigenvalue weighted by Crippen LogP contribution is -2.18. The number of allylic oxidation sites excluding steroid dienone is 2. The molecule has 36 heavy (non-hydrogen) atoms. The molecule has 0 saturated heterocycles. The third-order valence-electron chi connectivity index (χ3n) is 6.97. The SMILES string of the molecule is CCC/C=C\CCCCCCCC(=O)OC(CCCCCCCCCC)CCCCCCCC(=O)O. The number of esters is 1. The highest BCUT2D eigenvalue weighted by Crippen LogP contribution is 2.18.